The van der Waals surface area contributed by atoms with E-state index in [2.05, 4.69) is 29.4 Å². The molecule has 35 heavy (non-hydrogen) atoms. The number of thiocarbonyl (C=S) groups is 1. The lowest BCUT2D eigenvalue weighted by Gasteiger charge is -2.34. The molecule has 2 aliphatic rings. The second-order valence-electron chi connectivity index (χ2n) is 9.67. The maximum atomic E-state index is 13.4. The third-order valence-corrected chi connectivity index (χ3v) is 9.38. The van der Waals surface area contributed by atoms with Gasteiger partial charge in [-0.3, -0.25) is 0 Å². The van der Waals surface area contributed by atoms with Crippen LogP contribution < -0.4 is 15.5 Å². The molecule has 0 aromatic heterocycles. The first-order valence-electron chi connectivity index (χ1n) is 12.0. The zero-order valence-corrected chi connectivity index (χ0v) is 23.2. The Morgan fingerprint density at radius 3 is 2.06 bits per heavy atom. The Balaban J connectivity index is 1.62. The van der Waals surface area contributed by atoms with Crippen molar-refractivity contribution in [3.63, 3.8) is 0 Å². The summed E-state index contributed by atoms with van der Waals surface area (Å²) in [6.07, 6.45) is 3.94. The van der Waals surface area contributed by atoms with E-state index in [4.69, 9.17) is 35.4 Å². The van der Waals surface area contributed by atoms with Crippen LogP contribution in [0.1, 0.15) is 39.5 Å². The van der Waals surface area contributed by atoms with E-state index in [1.165, 1.54) is 0 Å². The number of rotatable bonds is 5. The van der Waals surface area contributed by atoms with Crippen LogP contribution in [0.2, 0.25) is 10.0 Å². The zero-order valence-electron chi connectivity index (χ0n) is 20.1. The normalized spacial score (nSPS) is 18.5. The van der Waals surface area contributed by atoms with Crippen molar-refractivity contribution < 1.29 is 8.42 Å². The smallest absolute Gasteiger partial charge is 0.243 e. The molecule has 4 rings (SSSR count). The highest BCUT2D eigenvalue weighted by Gasteiger charge is 2.29. The van der Waals surface area contributed by atoms with Crippen molar-refractivity contribution in [2.45, 2.75) is 44.4 Å². The first kappa shape index (κ1) is 26.5. The molecule has 2 saturated heterocycles. The van der Waals surface area contributed by atoms with E-state index in [-0.39, 0.29) is 4.90 Å². The van der Waals surface area contributed by atoms with Crippen molar-refractivity contribution in [1.29, 1.82) is 0 Å². The molecular formula is C25H32Cl2N4O2S2. The summed E-state index contributed by atoms with van der Waals surface area (Å²) in [6, 6.07) is 10.4. The van der Waals surface area contributed by atoms with Crippen molar-refractivity contribution in [1.82, 2.24) is 4.31 Å². The Labute approximate surface area is 224 Å². The SMILES string of the molecule is CC1CCN(c2ccc(S(=O)(=O)N3CCC(C)CC3)cc2NC(=S)Nc2cc(Cl)cc(Cl)c2)CC1. The number of nitrogens with zero attached hydrogens (tertiary/aromatic N) is 2. The van der Waals surface area contributed by atoms with Crippen LogP contribution >= 0.6 is 35.4 Å². The van der Waals surface area contributed by atoms with E-state index < -0.39 is 10.0 Å². The van der Waals surface area contributed by atoms with Crippen LogP contribution in [0.5, 0.6) is 0 Å². The van der Waals surface area contributed by atoms with Gasteiger partial charge in [-0.05, 0) is 86.1 Å². The van der Waals surface area contributed by atoms with Crippen LogP contribution in [0, 0.1) is 11.8 Å². The van der Waals surface area contributed by atoms with Crippen molar-refractivity contribution >= 4 is 67.6 Å². The lowest BCUT2D eigenvalue weighted by molar-refractivity contribution is 0.288. The molecule has 0 spiro atoms. The Hall–Kier alpha value is -1.58. The fourth-order valence-electron chi connectivity index (χ4n) is 4.59. The summed E-state index contributed by atoms with van der Waals surface area (Å²) < 4.78 is 28.5. The molecule has 0 bridgehead atoms. The summed E-state index contributed by atoms with van der Waals surface area (Å²) in [7, 11) is -3.59. The first-order chi connectivity index (χ1) is 16.6. The number of sulfonamides is 1. The average molecular weight is 556 g/mol. The molecule has 0 radical (unpaired) electrons. The summed E-state index contributed by atoms with van der Waals surface area (Å²) in [5, 5.41) is 7.67. The van der Waals surface area contributed by atoms with Gasteiger partial charge in [0.25, 0.3) is 0 Å². The van der Waals surface area contributed by atoms with E-state index in [1.807, 2.05) is 6.07 Å². The minimum absolute atomic E-state index is 0.275. The van der Waals surface area contributed by atoms with Crippen LogP contribution in [0.25, 0.3) is 0 Å². The van der Waals surface area contributed by atoms with Gasteiger partial charge in [0.2, 0.25) is 10.0 Å². The molecule has 6 nitrogen and oxygen atoms in total. The van der Waals surface area contributed by atoms with E-state index in [9.17, 15) is 8.42 Å². The molecule has 10 heteroatoms. The van der Waals surface area contributed by atoms with E-state index in [0.717, 1.165) is 44.5 Å². The molecule has 2 fully saturated rings. The highest BCUT2D eigenvalue weighted by molar-refractivity contribution is 7.89. The predicted octanol–water partition coefficient (Wildman–Crippen LogP) is 6.46. The summed E-state index contributed by atoms with van der Waals surface area (Å²) in [5.41, 5.74) is 2.26. The van der Waals surface area contributed by atoms with E-state index >= 15 is 0 Å². The molecular weight excluding hydrogens is 523 g/mol. The van der Waals surface area contributed by atoms with E-state index in [1.54, 1.807) is 34.6 Å². The maximum absolute atomic E-state index is 13.4. The number of anilines is 3. The van der Waals surface area contributed by atoms with Gasteiger partial charge in [-0.1, -0.05) is 37.0 Å². The van der Waals surface area contributed by atoms with Crippen LogP contribution in [-0.4, -0.2) is 44.0 Å². The van der Waals surface area contributed by atoms with Gasteiger partial charge >= 0.3 is 0 Å². The summed E-state index contributed by atoms with van der Waals surface area (Å²) >= 11 is 17.8. The number of nitrogens with one attached hydrogen (secondary N) is 2. The topological polar surface area (TPSA) is 64.7 Å². The van der Waals surface area contributed by atoms with Gasteiger partial charge < -0.3 is 15.5 Å². The Bertz CT molecular complexity index is 1160. The standard InChI is InChI=1S/C25H32Cl2N4O2S2/c1-17-5-9-30(10-6-17)24-4-3-22(35(32,33)31-11-7-18(2)8-12-31)16-23(24)29-25(34)28-21-14-19(26)13-20(27)15-21/h3-4,13-18H,5-12H2,1-2H3,(H2,28,29,34). The van der Waals surface area contributed by atoms with Crippen molar-refractivity contribution in [3.05, 3.63) is 46.4 Å². The van der Waals surface area contributed by atoms with Gasteiger partial charge in [-0.25, -0.2) is 8.42 Å². The molecule has 2 aliphatic heterocycles. The van der Waals surface area contributed by atoms with Crippen LogP contribution in [0.15, 0.2) is 41.3 Å². The number of piperidine rings is 2. The minimum atomic E-state index is -3.59. The summed E-state index contributed by atoms with van der Waals surface area (Å²) in [6.45, 7) is 7.36. The van der Waals surface area contributed by atoms with Gasteiger partial charge in [0.15, 0.2) is 5.11 Å². The Kier molecular flexibility index (Phi) is 8.49. The Morgan fingerprint density at radius 2 is 1.46 bits per heavy atom. The average Bonchev–Trinajstić information content (AvgIpc) is 2.79. The molecule has 2 aromatic carbocycles. The van der Waals surface area contributed by atoms with Gasteiger partial charge in [-0.15, -0.1) is 0 Å². The molecule has 0 aliphatic carbocycles. The first-order valence-corrected chi connectivity index (χ1v) is 14.7. The second kappa shape index (κ2) is 11.2. The van der Waals surface area contributed by atoms with Crippen molar-refractivity contribution in [3.8, 4) is 0 Å². The lowest BCUT2D eigenvalue weighted by Crippen LogP contribution is -2.38. The number of hydrogen-bond acceptors (Lipinski definition) is 4. The zero-order chi connectivity index (χ0) is 25.2. The lowest BCUT2D eigenvalue weighted by atomic mass is 9.98. The molecule has 0 amide bonds. The minimum Gasteiger partial charge on any atom is -0.370 e. The summed E-state index contributed by atoms with van der Waals surface area (Å²) in [5.74, 6) is 1.23. The monoisotopic (exact) mass is 554 g/mol. The Morgan fingerprint density at radius 1 is 0.886 bits per heavy atom. The van der Waals surface area contributed by atoms with E-state index in [0.29, 0.717) is 51.5 Å². The quantitative estimate of drug-likeness (QED) is 0.413. The van der Waals surface area contributed by atoms with Crippen molar-refractivity contribution in [2.24, 2.45) is 11.8 Å². The largest absolute Gasteiger partial charge is 0.370 e. The highest BCUT2D eigenvalue weighted by Crippen LogP contribution is 2.34. The second-order valence-corrected chi connectivity index (χ2v) is 12.9. The number of hydrogen-bond donors (Lipinski definition) is 2. The highest BCUT2D eigenvalue weighted by atomic mass is 35.5. The van der Waals surface area contributed by atoms with Crippen LogP contribution in [0.3, 0.4) is 0 Å². The van der Waals surface area contributed by atoms with Gasteiger partial charge in [0.1, 0.15) is 0 Å². The molecule has 0 saturated carbocycles. The van der Waals surface area contributed by atoms with Gasteiger partial charge in [0.05, 0.1) is 16.3 Å². The van der Waals surface area contributed by atoms with Crippen LogP contribution in [-0.2, 0) is 10.0 Å². The van der Waals surface area contributed by atoms with Crippen LogP contribution in [0.4, 0.5) is 17.1 Å². The molecule has 0 unspecified atom stereocenters. The maximum Gasteiger partial charge on any atom is 0.243 e. The summed E-state index contributed by atoms with van der Waals surface area (Å²) in [4.78, 5) is 2.57. The molecule has 0 atom stereocenters. The number of benzene rings is 2. The fraction of sp³-hybridized carbons (Fsp3) is 0.480. The predicted molar refractivity (Wildman–Crippen MR) is 151 cm³/mol. The number of halogens is 2. The molecule has 2 N–H and O–H groups in total. The molecule has 2 heterocycles. The molecule has 190 valence electrons. The third kappa shape index (κ3) is 6.60. The van der Waals surface area contributed by atoms with Gasteiger partial charge in [-0.2, -0.15) is 4.31 Å². The van der Waals surface area contributed by atoms with Gasteiger partial charge in [0, 0.05) is 41.9 Å². The van der Waals surface area contributed by atoms with Crippen molar-refractivity contribution in [2.75, 3.05) is 41.7 Å². The molecule has 2 aromatic rings. The fourth-order valence-corrected chi connectivity index (χ4v) is 6.84. The third-order valence-electron chi connectivity index (χ3n) is 6.84.